The van der Waals surface area contributed by atoms with Gasteiger partial charge in [0.05, 0.1) is 6.04 Å². The van der Waals surface area contributed by atoms with Crippen molar-refractivity contribution in [3.63, 3.8) is 0 Å². The first kappa shape index (κ1) is 17.6. The molecule has 1 heterocycles. The molecule has 1 atom stereocenters. The van der Waals surface area contributed by atoms with E-state index in [1.807, 2.05) is 29.4 Å². The minimum absolute atomic E-state index is 0. The van der Waals surface area contributed by atoms with Crippen LogP contribution in [-0.4, -0.2) is 35.4 Å². The van der Waals surface area contributed by atoms with Gasteiger partial charge in [-0.1, -0.05) is 23.7 Å². The fourth-order valence-electron chi connectivity index (χ4n) is 2.35. The molecular weight excluding hydrogens is 315 g/mol. The zero-order valence-electron chi connectivity index (χ0n) is 11.5. The minimum Gasteiger partial charge on any atom is -0.337 e. The maximum atomic E-state index is 12.3. The number of fused-ring (bicyclic) bond motifs is 1. The molecule has 0 spiro atoms. The number of carbonyl (C=O) groups excluding carboxylic acids is 1. The van der Waals surface area contributed by atoms with Gasteiger partial charge in [0.1, 0.15) is 0 Å². The number of hydrogen-bond donors (Lipinski definition) is 1. The lowest BCUT2D eigenvalue weighted by Crippen LogP contribution is -2.46. The van der Waals surface area contributed by atoms with E-state index in [1.165, 1.54) is 5.56 Å². The monoisotopic (exact) mass is 334 g/mol. The molecule has 0 unspecified atom stereocenters. The van der Waals surface area contributed by atoms with Crippen LogP contribution in [0.5, 0.6) is 0 Å². The Labute approximate surface area is 135 Å². The van der Waals surface area contributed by atoms with E-state index in [9.17, 15) is 4.79 Å². The van der Waals surface area contributed by atoms with Gasteiger partial charge >= 0.3 is 0 Å². The summed E-state index contributed by atoms with van der Waals surface area (Å²) in [5, 5.41) is 0.802. The number of carbonyl (C=O) groups is 1. The number of hydrogen-bond acceptors (Lipinski definition) is 3. The number of halogens is 2. The van der Waals surface area contributed by atoms with Gasteiger partial charge in [-0.3, -0.25) is 4.79 Å². The summed E-state index contributed by atoms with van der Waals surface area (Å²) in [6.45, 7) is 1.34. The molecule has 1 aromatic rings. The Hall–Kier alpha value is -0.420. The molecule has 6 heteroatoms. The molecule has 0 bridgehead atoms. The fourth-order valence-corrected chi connectivity index (χ4v) is 3.13. The third-order valence-electron chi connectivity index (χ3n) is 3.47. The predicted octanol–water partition coefficient (Wildman–Crippen LogP) is 2.73. The summed E-state index contributed by atoms with van der Waals surface area (Å²) in [5.41, 5.74) is 8.27. The van der Waals surface area contributed by atoms with Crippen molar-refractivity contribution in [1.82, 2.24) is 4.90 Å². The Morgan fingerprint density at radius 1 is 1.55 bits per heavy atom. The molecule has 0 saturated carbocycles. The van der Waals surface area contributed by atoms with Crippen molar-refractivity contribution in [1.29, 1.82) is 0 Å². The summed E-state index contributed by atoms with van der Waals surface area (Å²) in [4.78, 5) is 14.1. The van der Waals surface area contributed by atoms with Crippen molar-refractivity contribution in [3.8, 4) is 0 Å². The maximum absolute atomic E-state index is 12.3. The van der Waals surface area contributed by atoms with E-state index in [4.69, 9.17) is 17.3 Å². The van der Waals surface area contributed by atoms with E-state index in [0.717, 1.165) is 29.2 Å². The van der Waals surface area contributed by atoms with E-state index in [0.29, 0.717) is 13.1 Å². The highest BCUT2D eigenvalue weighted by Gasteiger charge is 2.25. The first-order valence-electron chi connectivity index (χ1n) is 6.43. The normalized spacial score (nSPS) is 15.2. The third-order valence-corrected chi connectivity index (χ3v) is 4.47. The molecule has 0 aliphatic carbocycles. The number of rotatable bonds is 4. The number of thioether (sulfide) groups is 1. The highest BCUT2D eigenvalue weighted by molar-refractivity contribution is 7.98. The topological polar surface area (TPSA) is 46.3 Å². The van der Waals surface area contributed by atoms with E-state index in [2.05, 4.69) is 0 Å². The number of nitrogens with two attached hydrogens (primary N) is 1. The zero-order valence-corrected chi connectivity index (χ0v) is 13.9. The molecule has 2 N–H and O–H groups in total. The molecule has 0 radical (unpaired) electrons. The second-order valence-electron chi connectivity index (χ2n) is 4.78. The summed E-state index contributed by atoms with van der Waals surface area (Å²) >= 11 is 7.89. The molecule has 1 aliphatic rings. The number of amides is 1. The zero-order chi connectivity index (χ0) is 13.8. The maximum Gasteiger partial charge on any atom is 0.239 e. The lowest BCUT2D eigenvalue weighted by molar-refractivity contribution is -0.133. The van der Waals surface area contributed by atoms with E-state index in [1.54, 1.807) is 11.8 Å². The van der Waals surface area contributed by atoms with Crippen LogP contribution in [0.3, 0.4) is 0 Å². The van der Waals surface area contributed by atoms with Crippen LogP contribution < -0.4 is 5.73 Å². The molecule has 0 fully saturated rings. The van der Waals surface area contributed by atoms with Gasteiger partial charge in [-0.25, -0.2) is 0 Å². The second-order valence-corrected chi connectivity index (χ2v) is 6.17. The summed E-state index contributed by atoms with van der Waals surface area (Å²) in [5.74, 6) is 0.975. The van der Waals surface area contributed by atoms with Gasteiger partial charge in [-0.05, 0) is 42.0 Å². The summed E-state index contributed by atoms with van der Waals surface area (Å²) in [6, 6.07) is 5.49. The first-order chi connectivity index (χ1) is 9.13. The smallest absolute Gasteiger partial charge is 0.239 e. The van der Waals surface area contributed by atoms with E-state index in [-0.39, 0.29) is 24.4 Å². The molecule has 3 nitrogen and oxygen atoms in total. The molecule has 1 aromatic carbocycles. The van der Waals surface area contributed by atoms with Crippen LogP contribution in [0, 0.1) is 0 Å². The molecule has 0 saturated heterocycles. The van der Waals surface area contributed by atoms with Crippen molar-refractivity contribution in [2.75, 3.05) is 18.6 Å². The van der Waals surface area contributed by atoms with Crippen molar-refractivity contribution in [2.45, 2.75) is 25.4 Å². The van der Waals surface area contributed by atoms with Gasteiger partial charge in [-0.2, -0.15) is 11.8 Å². The number of benzene rings is 1. The molecule has 0 aromatic heterocycles. The summed E-state index contributed by atoms with van der Waals surface area (Å²) < 4.78 is 0. The Bertz CT molecular complexity index is 470. The van der Waals surface area contributed by atoms with Gasteiger partial charge in [0.25, 0.3) is 0 Å². The Kier molecular flexibility index (Phi) is 7.17. The number of nitrogens with zero attached hydrogens (tertiary/aromatic N) is 1. The van der Waals surface area contributed by atoms with Gasteiger partial charge in [0.2, 0.25) is 5.91 Å². The Morgan fingerprint density at radius 3 is 3.00 bits per heavy atom. The quantitative estimate of drug-likeness (QED) is 0.920. The van der Waals surface area contributed by atoms with Gasteiger partial charge in [0.15, 0.2) is 0 Å². The lowest BCUT2D eigenvalue weighted by Gasteiger charge is -2.31. The summed E-state index contributed by atoms with van der Waals surface area (Å²) in [6.07, 6.45) is 3.57. The van der Waals surface area contributed by atoms with Gasteiger partial charge in [-0.15, -0.1) is 12.4 Å². The van der Waals surface area contributed by atoms with Crippen LogP contribution in [-0.2, 0) is 17.8 Å². The van der Waals surface area contributed by atoms with E-state index < -0.39 is 0 Å². The average molecular weight is 335 g/mol. The van der Waals surface area contributed by atoms with Gasteiger partial charge < -0.3 is 10.6 Å². The third kappa shape index (κ3) is 4.04. The highest BCUT2D eigenvalue weighted by Crippen LogP contribution is 2.26. The van der Waals surface area contributed by atoms with E-state index >= 15 is 0 Å². The SMILES string of the molecule is CSCC[C@H](N)C(=O)N1CCc2c(Cl)cccc2C1.Cl. The summed E-state index contributed by atoms with van der Waals surface area (Å²) in [7, 11) is 0. The second kappa shape index (κ2) is 8.13. The van der Waals surface area contributed by atoms with Crippen LogP contribution in [0.2, 0.25) is 5.02 Å². The highest BCUT2D eigenvalue weighted by atomic mass is 35.5. The Morgan fingerprint density at radius 2 is 2.30 bits per heavy atom. The van der Waals surface area contributed by atoms with Crippen molar-refractivity contribution < 1.29 is 4.79 Å². The molecule has 20 heavy (non-hydrogen) atoms. The van der Waals surface area contributed by atoms with Gasteiger partial charge in [0, 0.05) is 18.1 Å². The average Bonchev–Trinajstić information content (AvgIpc) is 2.43. The molecule has 1 amide bonds. The largest absolute Gasteiger partial charge is 0.337 e. The van der Waals surface area contributed by atoms with Crippen molar-refractivity contribution in [3.05, 3.63) is 34.3 Å². The molecule has 112 valence electrons. The van der Waals surface area contributed by atoms with Crippen molar-refractivity contribution >= 4 is 41.7 Å². The van der Waals surface area contributed by atoms with Crippen molar-refractivity contribution in [2.24, 2.45) is 5.73 Å². The lowest BCUT2D eigenvalue weighted by atomic mass is 9.99. The van der Waals surface area contributed by atoms with Crippen LogP contribution in [0.15, 0.2) is 18.2 Å². The standard InChI is InChI=1S/C14H19ClN2OS.ClH/c1-19-8-6-13(16)14(18)17-7-5-11-10(9-17)3-2-4-12(11)15;/h2-4,13H,5-9,16H2,1H3;1H/t13-;/m0./s1. The van der Waals surface area contributed by atoms with Crippen LogP contribution in [0.4, 0.5) is 0 Å². The van der Waals surface area contributed by atoms with Crippen LogP contribution >= 0.6 is 35.8 Å². The Balaban J connectivity index is 0.00000200. The minimum atomic E-state index is -0.381. The fraction of sp³-hybridized carbons (Fsp3) is 0.500. The van der Waals surface area contributed by atoms with Crippen LogP contribution in [0.1, 0.15) is 17.5 Å². The molecular formula is C14H20Cl2N2OS. The molecule has 2 rings (SSSR count). The predicted molar refractivity (Wildman–Crippen MR) is 88.8 cm³/mol. The molecule has 1 aliphatic heterocycles. The van der Waals surface area contributed by atoms with Crippen LogP contribution in [0.25, 0.3) is 0 Å². The first-order valence-corrected chi connectivity index (χ1v) is 8.20.